The van der Waals surface area contributed by atoms with Gasteiger partial charge in [-0.2, -0.15) is 35.5 Å². The van der Waals surface area contributed by atoms with Gasteiger partial charge in [-0.25, -0.2) is 0 Å². The second-order valence-electron chi connectivity index (χ2n) is 10.9. The molecule has 0 saturated heterocycles. The topological polar surface area (TPSA) is 277 Å². The normalized spacial score (nSPS) is 12.7. The van der Waals surface area contributed by atoms with E-state index in [2.05, 4.69) is 25.8 Å². The molecule has 0 saturated carbocycles. The molecule has 0 spiro atoms. The summed E-state index contributed by atoms with van der Waals surface area (Å²) >= 11 is 0. The molecule has 8 N–H and O–H groups in total. The minimum absolute atomic E-state index is 0.00420. The number of nitrogens with one attached hydrogen (secondary N) is 1. The molecule has 0 heterocycles. The Bertz CT molecular complexity index is 2770. The smallest absolute Gasteiger partial charge is 0.296 e. The highest BCUT2D eigenvalue weighted by molar-refractivity contribution is 7.86. The van der Waals surface area contributed by atoms with E-state index in [0.29, 0.717) is 38.9 Å². The Morgan fingerprint density at radius 2 is 0.941 bits per heavy atom. The monoisotopic (exact) mass is 747 g/mol. The minimum Gasteiger partial charge on any atom is -0.398 e. The van der Waals surface area contributed by atoms with Crippen molar-refractivity contribution in [2.24, 2.45) is 20.5 Å². The maximum atomic E-state index is 12.3. The van der Waals surface area contributed by atoms with Gasteiger partial charge in [-0.3, -0.25) is 13.7 Å². The third kappa shape index (κ3) is 7.67. The summed E-state index contributed by atoms with van der Waals surface area (Å²) in [6.45, 7) is 0. The summed E-state index contributed by atoms with van der Waals surface area (Å²) in [5.74, 6) is 0. The van der Waals surface area contributed by atoms with Gasteiger partial charge in [0.05, 0.1) is 38.2 Å². The van der Waals surface area contributed by atoms with Gasteiger partial charge in [0.25, 0.3) is 30.4 Å². The van der Waals surface area contributed by atoms with Crippen LogP contribution in [-0.2, 0) is 30.4 Å². The van der Waals surface area contributed by atoms with E-state index in [0.717, 1.165) is 6.07 Å². The summed E-state index contributed by atoms with van der Waals surface area (Å²) in [4.78, 5) is -1.23. The lowest BCUT2D eigenvalue weighted by molar-refractivity contribution is 0.481. The van der Waals surface area contributed by atoms with Gasteiger partial charge in [-0.15, -0.1) is 10.2 Å². The first-order chi connectivity index (χ1) is 24.0. The van der Waals surface area contributed by atoms with Crippen LogP contribution in [0.4, 0.5) is 45.5 Å². The third-order valence-corrected chi connectivity index (χ3v) is 10.1. The molecule has 0 fully saturated rings. The van der Waals surface area contributed by atoms with Crippen molar-refractivity contribution in [3.63, 3.8) is 0 Å². The van der Waals surface area contributed by atoms with Crippen molar-refractivity contribution < 1.29 is 38.9 Å². The third-order valence-electron chi connectivity index (χ3n) is 7.53. The molecule has 0 unspecified atom stereocenters. The number of hydrogen-bond donors (Lipinski definition) is 6. The average Bonchev–Trinajstić information content (AvgIpc) is 3.07. The molecule has 51 heavy (non-hydrogen) atoms. The Labute approximate surface area is 290 Å². The van der Waals surface area contributed by atoms with E-state index in [4.69, 9.17) is 11.5 Å². The number of hydrogen-bond acceptors (Lipinski definition) is 13. The van der Waals surface area contributed by atoms with Crippen LogP contribution in [0.15, 0.2) is 138 Å². The van der Waals surface area contributed by atoms with Crippen LogP contribution in [0.2, 0.25) is 0 Å². The Morgan fingerprint density at radius 3 is 1.41 bits per heavy atom. The first kappa shape index (κ1) is 35.0. The molecule has 6 aromatic carbocycles. The molecule has 260 valence electrons. The molecule has 0 radical (unpaired) electrons. The number of nitrogens with zero attached hydrogens (tertiary/aromatic N) is 4. The van der Waals surface area contributed by atoms with Crippen molar-refractivity contribution in [2.45, 2.75) is 14.7 Å². The molecule has 16 nitrogen and oxygen atoms in total. The number of anilines is 4. The summed E-state index contributed by atoms with van der Waals surface area (Å²) in [5.41, 5.74) is 14.0. The van der Waals surface area contributed by atoms with E-state index in [1.54, 1.807) is 36.4 Å². The van der Waals surface area contributed by atoms with Crippen molar-refractivity contribution >= 4 is 97.4 Å². The second kappa shape index (κ2) is 13.1. The Kier molecular flexibility index (Phi) is 9.02. The van der Waals surface area contributed by atoms with Crippen LogP contribution in [0.1, 0.15) is 0 Å². The maximum Gasteiger partial charge on any atom is 0.296 e. The number of fused-ring (bicyclic) bond motifs is 2. The van der Waals surface area contributed by atoms with E-state index in [1.165, 1.54) is 60.7 Å². The van der Waals surface area contributed by atoms with Crippen LogP contribution < -0.4 is 16.8 Å². The van der Waals surface area contributed by atoms with Crippen LogP contribution in [0.25, 0.3) is 21.5 Å². The van der Waals surface area contributed by atoms with Crippen molar-refractivity contribution in [1.82, 2.24) is 0 Å². The number of nitrogen functional groups attached to an aromatic ring is 2. The molecule has 19 heteroatoms. The highest BCUT2D eigenvalue weighted by Crippen LogP contribution is 2.36. The molecule has 6 rings (SSSR count). The van der Waals surface area contributed by atoms with Crippen molar-refractivity contribution in [1.29, 1.82) is 0 Å². The fourth-order valence-corrected chi connectivity index (χ4v) is 6.73. The Morgan fingerprint density at radius 1 is 0.471 bits per heavy atom. The standard InChI is InChI=1S/C32H25N7O9S3/c33-27-10-13-29(25-16-21(49(40,41)42)6-8-23(25)27)38-36-19-3-1-18(2-4-19)35-31-12-5-20(15-32(31)51(46,47)48)37-39-30-14-11-28(34)24-9-7-22(17-26(24)30)50(43,44)45/h1-17,35H,33-34H2,(H,40,41,42)(H,43,44,45)(H,46,47,48). The predicted molar refractivity (Wildman–Crippen MR) is 191 cm³/mol. The lowest BCUT2D eigenvalue weighted by Crippen LogP contribution is -2.03. The van der Waals surface area contributed by atoms with Crippen LogP contribution in [0.3, 0.4) is 0 Å². The van der Waals surface area contributed by atoms with Gasteiger partial charge in [0, 0.05) is 38.6 Å². The van der Waals surface area contributed by atoms with E-state index < -0.39 is 35.2 Å². The summed E-state index contributed by atoms with van der Waals surface area (Å²) < 4.78 is 100. The Balaban J connectivity index is 1.25. The van der Waals surface area contributed by atoms with E-state index >= 15 is 0 Å². The van der Waals surface area contributed by atoms with Crippen molar-refractivity contribution in [3.8, 4) is 0 Å². The molecule has 6 aromatic rings. The van der Waals surface area contributed by atoms with Crippen LogP contribution in [0.5, 0.6) is 0 Å². The van der Waals surface area contributed by atoms with Crippen molar-refractivity contribution in [3.05, 3.63) is 103 Å². The van der Waals surface area contributed by atoms with E-state index in [9.17, 15) is 38.9 Å². The summed E-state index contributed by atoms with van der Waals surface area (Å²) in [5, 5.41) is 21.1. The molecular formula is C32H25N7O9S3. The molecular weight excluding hydrogens is 723 g/mol. The molecule has 0 aromatic heterocycles. The molecule has 0 aliphatic rings. The van der Waals surface area contributed by atoms with E-state index in [-0.39, 0.29) is 37.9 Å². The zero-order chi connectivity index (χ0) is 36.7. The lowest BCUT2D eigenvalue weighted by atomic mass is 10.1. The van der Waals surface area contributed by atoms with Crippen LogP contribution in [-0.4, -0.2) is 38.9 Å². The number of benzene rings is 6. The highest BCUT2D eigenvalue weighted by atomic mass is 32.2. The SMILES string of the molecule is Nc1ccc(N=Nc2ccc(Nc3ccc(N=Nc4ccc(N)c5ccc(S(=O)(=O)O)cc45)cc3S(=O)(=O)O)cc2)c2cc(S(=O)(=O)O)ccc12. The fourth-order valence-electron chi connectivity index (χ4n) is 5.05. The predicted octanol–water partition coefficient (Wildman–Crippen LogP) is 7.47. The van der Waals surface area contributed by atoms with Gasteiger partial charge in [0.2, 0.25) is 0 Å². The van der Waals surface area contributed by atoms with Gasteiger partial charge in [-0.1, -0.05) is 12.1 Å². The zero-order valence-electron chi connectivity index (χ0n) is 25.8. The Hall–Kier alpha value is -5.83. The summed E-state index contributed by atoms with van der Waals surface area (Å²) in [7, 11) is -13.8. The number of azo groups is 2. The largest absolute Gasteiger partial charge is 0.398 e. The molecule has 0 aliphatic heterocycles. The van der Waals surface area contributed by atoms with Gasteiger partial charge in [-0.05, 0) is 91.0 Å². The molecule has 0 amide bonds. The summed E-state index contributed by atoms with van der Waals surface area (Å²) in [6.07, 6.45) is 0. The maximum absolute atomic E-state index is 12.3. The minimum atomic E-state index is -4.77. The van der Waals surface area contributed by atoms with Crippen LogP contribution >= 0.6 is 0 Å². The molecule has 0 aliphatic carbocycles. The number of nitrogens with two attached hydrogens (primary N) is 2. The molecule has 0 bridgehead atoms. The van der Waals surface area contributed by atoms with E-state index in [1.807, 2.05) is 0 Å². The quantitative estimate of drug-likeness (QED) is 0.0477. The van der Waals surface area contributed by atoms with Gasteiger partial charge in [0.1, 0.15) is 4.90 Å². The van der Waals surface area contributed by atoms with Gasteiger partial charge < -0.3 is 16.8 Å². The first-order valence-corrected chi connectivity index (χ1v) is 18.7. The lowest BCUT2D eigenvalue weighted by Gasteiger charge is -2.11. The van der Waals surface area contributed by atoms with Crippen molar-refractivity contribution in [2.75, 3.05) is 16.8 Å². The summed E-state index contributed by atoms with van der Waals surface area (Å²) in [6, 6.07) is 23.9. The highest BCUT2D eigenvalue weighted by Gasteiger charge is 2.18. The van der Waals surface area contributed by atoms with Gasteiger partial charge in [0.15, 0.2) is 0 Å². The number of rotatable bonds is 9. The first-order valence-electron chi connectivity index (χ1n) is 14.4. The average molecular weight is 748 g/mol. The second-order valence-corrected chi connectivity index (χ2v) is 15.2. The zero-order valence-corrected chi connectivity index (χ0v) is 28.2. The van der Waals surface area contributed by atoms with Gasteiger partial charge >= 0.3 is 0 Å². The van der Waals surface area contributed by atoms with Crippen LogP contribution in [0, 0.1) is 0 Å². The molecule has 0 atom stereocenters. The fraction of sp³-hybridized carbons (Fsp3) is 0.